The van der Waals surface area contributed by atoms with Crippen LogP contribution in [-0.4, -0.2) is 12.5 Å². The summed E-state index contributed by atoms with van der Waals surface area (Å²) in [5, 5.41) is 3.80. The van der Waals surface area contributed by atoms with Crippen LogP contribution in [0, 0.1) is 13.8 Å². The molecule has 0 saturated heterocycles. The van der Waals surface area contributed by atoms with Crippen LogP contribution in [0.4, 0.5) is 5.69 Å². The van der Waals surface area contributed by atoms with E-state index in [9.17, 15) is 4.79 Å². The fraction of sp³-hybridized carbons (Fsp3) is 0.211. The number of hydrogen-bond acceptors (Lipinski definition) is 3. The summed E-state index contributed by atoms with van der Waals surface area (Å²) < 4.78 is 11.2. The molecule has 0 aliphatic carbocycles. The molecule has 118 valence electrons. The molecule has 1 aromatic heterocycles. The van der Waals surface area contributed by atoms with Gasteiger partial charge in [0.25, 0.3) is 5.91 Å². The summed E-state index contributed by atoms with van der Waals surface area (Å²) in [5.74, 6) is 0.859. The van der Waals surface area contributed by atoms with Crippen LogP contribution in [0.5, 0.6) is 5.75 Å². The maximum Gasteiger partial charge on any atom is 0.291 e. The average molecular weight is 309 g/mol. The number of amides is 1. The minimum atomic E-state index is -0.244. The van der Waals surface area contributed by atoms with Crippen molar-refractivity contribution in [2.75, 3.05) is 11.9 Å². The van der Waals surface area contributed by atoms with Crippen LogP contribution >= 0.6 is 0 Å². The van der Waals surface area contributed by atoms with Crippen molar-refractivity contribution in [3.05, 3.63) is 59.4 Å². The molecule has 0 unspecified atom stereocenters. The second-order valence-corrected chi connectivity index (χ2v) is 5.42. The Balaban J connectivity index is 1.94. The maximum absolute atomic E-state index is 12.5. The second kappa shape index (κ2) is 6.16. The average Bonchev–Trinajstić information content (AvgIpc) is 2.87. The molecule has 0 bridgehead atoms. The standard InChI is InChI=1S/C19H19NO3/c1-4-22-14-9-10-17-15(11-14)13(3)18(23-17)19(21)20-16-8-6-5-7-12(16)2/h5-11H,4H2,1-3H3,(H,20,21). The molecule has 23 heavy (non-hydrogen) atoms. The lowest BCUT2D eigenvalue weighted by molar-refractivity contribution is 0.0998. The lowest BCUT2D eigenvalue weighted by Gasteiger charge is -2.06. The SMILES string of the molecule is CCOc1ccc2oc(C(=O)Nc3ccccc3C)c(C)c2c1. The molecule has 0 aliphatic heterocycles. The number of benzene rings is 2. The molecule has 4 nitrogen and oxygen atoms in total. The number of aryl methyl sites for hydroxylation is 2. The maximum atomic E-state index is 12.5. The van der Waals surface area contributed by atoms with Gasteiger partial charge in [-0.05, 0) is 50.6 Å². The minimum absolute atomic E-state index is 0.244. The lowest BCUT2D eigenvalue weighted by Crippen LogP contribution is -2.12. The van der Waals surface area contributed by atoms with E-state index in [4.69, 9.17) is 9.15 Å². The molecule has 3 aromatic rings. The molecule has 3 rings (SSSR count). The Morgan fingerprint density at radius 2 is 1.96 bits per heavy atom. The van der Waals surface area contributed by atoms with Crippen molar-refractivity contribution in [3.8, 4) is 5.75 Å². The van der Waals surface area contributed by atoms with Gasteiger partial charge in [0.1, 0.15) is 11.3 Å². The second-order valence-electron chi connectivity index (χ2n) is 5.42. The zero-order chi connectivity index (χ0) is 16.4. The largest absolute Gasteiger partial charge is 0.494 e. The smallest absolute Gasteiger partial charge is 0.291 e. The zero-order valence-corrected chi connectivity index (χ0v) is 13.5. The number of ether oxygens (including phenoxy) is 1. The molecule has 2 aromatic carbocycles. The highest BCUT2D eigenvalue weighted by Gasteiger charge is 2.18. The van der Waals surface area contributed by atoms with Crippen LogP contribution < -0.4 is 10.1 Å². The molecule has 0 spiro atoms. The van der Waals surface area contributed by atoms with Gasteiger partial charge < -0.3 is 14.5 Å². The Hall–Kier alpha value is -2.75. The number of fused-ring (bicyclic) bond motifs is 1. The number of nitrogens with one attached hydrogen (secondary N) is 1. The van der Waals surface area contributed by atoms with Crippen molar-refractivity contribution in [2.45, 2.75) is 20.8 Å². The molecule has 0 atom stereocenters. The molecule has 0 aliphatic rings. The van der Waals surface area contributed by atoms with Crippen molar-refractivity contribution < 1.29 is 13.9 Å². The summed E-state index contributed by atoms with van der Waals surface area (Å²) in [4.78, 5) is 12.5. The quantitative estimate of drug-likeness (QED) is 0.760. The molecular formula is C19H19NO3. The number of carbonyl (C=O) groups excluding carboxylic acids is 1. The van der Waals surface area contributed by atoms with E-state index >= 15 is 0 Å². The monoisotopic (exact) mass is 309 g/mol. The minimum Gasteiger partial charge on any atom is -0.494 e. The van der Waals surface area contributed by atoms with Gasteiger partial charge in [-0.1, -0.05) is 18.2 Å². The third kappa shape index (κ3) is 2.93. The highest BCUT2D eigenvalue weighted by Crippen LogP contribution is 2.29. The molecule has 0 saturated carbocycles. The first-order valence-electron chi connectivity index (χ1n) is 7.63. The third-order valence-corrected chi connectivity index (χ3v) is 3.82. The van der Waals surface area contributed by atoms with E-state index in [0.29, 0.717) is 18.0 Å². The zero-order valence-electron chi connectivity index (χ0n) is 13.5. The van der Waals surface area contributed by atoms with Gasteiger partial charge in [0.2, 0.25) is 0 Å². The normalized spacial score (nSPS) is 10.7. The number of anilines is 1. The third-order valence-electron chi connectivity index (χ3n) is 3.82. The predicted molar refractivity (Wildman–Crippen MR) is 91.3 cm³/mol. The first-order valence-corrected chi connectivity index (χ1v) is 7.63. The number of hydrogen-bond donors (Lipinski definition) is 1. The number of furan rings is 1. The van der Waals surface area contributed by atoms with Crippen molar-refractivity contribution in [1.29, 1.82) is 0 Å². The van der Waals surface area contributed by atoms with Gasteiger partial charge in [-0.15, -0.1) is 0 Å². The summed E-state index contributed by atoms with van der Waals surface area (Å²) >= 11 is 0. The lowest BCUT2D eigenvalue weighted by atomic mass is 10.1. The number of carbonyl (C=O) groups is 1. The summed E-state index contributed by atoms with van der Waals surface area (Å²) in [5.41, 5.74) is 3.29. The number of para-hydroxylation sites is 1. The van der Waals surface area contributed by atoms with Crippen molar-refractivity contribution in [3.63, 3.8) is 0 Å². The van der Waals surface area contributed by atoms with Gasteiger partial charge in [-0.2, -0.15) is 0 Å². The molecule has 1 amide bonds. The van der Waals surface area contributed by atoms with E-state index in [0.717, 1.165) is 28.0 Å². The van der Waals surface area contributed by atoms with Gasteiger partial charge in [0.15, 0.2) is 5.76 Å². The van der Waals surface area contributed by atoms with Crippen LogP contribution in [0.1, 0.15) is 28.6 Å². The van der Waals surface area contributed by atoms with Gasteiger partial charge in [-0.3, -0.25) is 4.79 Å². The predicted octanol–water partition coefficient (Wildman–Crippen LogP) is 4.70. The van der Waals surface area contributed by atoms with E-state index in [1.54, 1.807) is 0 Å². The molecule has 4 heteroatoms. The van der Waals surface area contributed by atoms with E-state index in [2.05, 4.69) is 5.32 Å². The van der Waals surface area contributed by atoms with Gasteiger partial charge in [-0.25, -0.2) is 0 Å². The topological polar surface area (TPSA) is 51.5 Å². The highest BCUT2D eigenvalue weighted by atomic mass is 16.5. The van der Waals surface area contributed by atoms with Crippen molar-refractivity contribution in [1.82, 2.24) is 0 Å². The van der Waals surface area contributed by atoms with Crippen LogP contribution in [0.25, 0.3) is 11.0 Å². The van der Waals surface area contributed by atoms with Crippen LogP contribution in [0.2, 0.25) is 0 Å². The fourth-order valence-corrected chi connectivity index (χ4v) is 2.57. The molecule has 1 N–H and O–H groups in total. The van der Waals surface area contributed by atoms with E-state index in [1.807, 2.05) is 63.2 Å². The van der Waals surface area contributed by atoms with Crippen LogP contribution in [-0.2, 0) is 0 Å². The first kappa shape index (κ1) is 15.2. The fourth-order valence-electron chi connectivity index (χ4n) is 2.57. The summed E-state index contributed by atoms with van der Waals surface area (Å²) in [6.45, 7) is 6.38. The molecule has 0 radical (unpaired) electrons. The first-order chi connectivity index (χ1) is 11.1. The Morgan fingerprint density at radius 3 is 2.70 bits per heavy atom. The Morgan fingerprint density at radius 1 is 1.17 bits per heavy atom. The molecule has 0 fully saturated rings. The summed E-state index contributed by atoms with van der Waals surface area (Å²) in [6, 6.07) is 13.2. The number of rotatable bonds is 4. The van der Waals surface area contributed by atoms with Gasteiger partial charge in [0, 0.05) is 16.6 Å². The van der Waals surface area contributed by atoms with E-state index < -0.39 is 0 Å². The highest BCUT2D eigenvalue weighted by molar-refractivity contribution is 6.06. The molecular weight excluding hydrogens is 290 g/mol. The molecule has 1 heterocycles. The Bertz CT molecular complexity index is 864. The Kier molecular flexibility index (Phi) is 4.06. The van der Waals surface area contributed by atoms with Crippen molar-refractivity contribution in [2.24, 2.45) is 0 Å². The summed E-state index contributed by atoms with van der Waals surface area (Å²) in [7, 11) is 0. The van der Waals surface area contributed by atoms with Crippen LogP contribution in [0.15, 0.2) is 46.9 Å². The van der Waals surface area contributed by atoms with E-state index in [-0.39, 0.29) is 5.91 Å². The van der Waals surface area contributed by atoms with Crippen LogP contribution in [0.3, 0.4) is 0 Å². The summed E-state index contributed by atoms with van der Waals surface area (Å²) in [6.07, 6.45) is 0. The Labute approximate surface area is 135 Å². The van der Waals surface area contributed by atoms with Gasteiger partial charge >= 0.3 is 0 Å². The van der Waals surface area contributed by atoms with Crippen molar-refractivity contribution >= 4 is 22.6 Å². The van der Waals surface area contributed by atoms with E-state index in [1.165, 1.54) is 0 Å². The van der Waals surface area contributed by atoms with Gasteiger partial charge in [0.05, 0.1) is 6.61 Å².